The molecule has 1 aromatic rings. The fraction of sp³-hybridized carbons (Fsp3) is 0.0833. The summed E-state index contributed by atoms with van der Waals surface area (Å²) in [5, 5.41) is 11.6. The summed E-state index contributed by atoms with van der Waals surface area (Å²) in [6, 6.07) is 5.76. The number of nitrogens with one attached hydrogen (secondary N) is 1. The van der Waals surface area contributed by atoms with Crippen molar-refractivity contribution < 1.29 is 14.5 Å². The predicted octanol–water partition coefficient (Wildman–Crippen LogP) is 1.85. The van der Waals surface area contributed by atoms with Crippen LogP contribution in [0.1, 0.15) is 12.5 Å². The number of amides is 2. The molecule has 0 unspecified atom stereocenters. The summed E-state index contributed by atoms with van der Waals surface area (Å²) in [6.45, 7) is 1.28. The fourth-order valence-corrected chi connectivity index (χ4v) is 2.74. The Morgan fingerprint density at radius 2 is 2.05 bits per heavy atom. The summed E-state index contributed by atoms with van der Waals surface area (Å²) in [4.78, 5) is 33.5. The summed E-state index contributed by atoms with van der Waals surface area (Å²) in [5.41, 5.74) is 2.93. The number of rotatable bonds is 3. The van der Waals surface area contributed by atoms with Gasteiger partial charge in [0.15, 0.2) is 4.32 Å². The van der Waals surface area contributed by atoms with Crippen molar-refractivity contribution in [3.63, 3.8) is 0 Å². The van der Waals surface area contributed by atoms with Crippen molar-refractivity contribution in [3.05, 3.63) is 44.8 Å². The number of non-ortho nitro benzene ring substituents is 1. The van der Waals surface area contributed by atoms with Crippen LogP contribution in [-0.4, -0.2) is 26.1 Å². The Labute approximate surface area is 129 Å². The Hall–Kier alpha value is -2.26. The highest BCUT2D eigenvalue weighted by Crippen LogP contribution is 2.31. The molecule has 0 aromatic heterocycles. The minimum atomic E-state index is -0.500. The van der Waals surface area contributed by atoms with Crippen LogP contribution in [0, 0.1) is 10.1 Å². The number of nitro groups is 1. The van der Waals surface area contributed by atoms with Crippen molar-refractivity contribution >= 4 is 51.9 Å². The second kappa shape index (κ2) is 6.02. The molecule has 108 valence electrons. The molecule has 0 aliphatic carbocycles. The molecule has 2 rings (SSSR count). The highest BCUT2D eigenvalue weighted by atomic mass is 32.2. The van der Waals surface area contributed by atoms with Gasteiger partial charge in [-0.3, -0.25) is 25.1 Å². The smallest absolute Gasteiger partial charge is 0.274 e. The third-order valence-corrected chi connectivity index (χ3v) is 3.77. The van der Waals surface area contributed by atoms with Crippen LogP contribution in [0.3, 0.4) is 0 Å². The number of hydrazine groups is 1. The van der Waals surface area contributed by atoms with E-state index in [1.807, 2.05) is 0 Å². The molecule has 21 heavy (non-hydrogen) atoms. The number of hydrogen-bond donors (Lipinski definition) is 1. The molecule has 2 amide bonds. The van der Waals surface area contributed by atoms with Crippen molar-refractivity contribution in [2.45, 2.75) is 6.92 Å². The van der Waals surface area contributed by atoms with Crippen LogP contribution in [0.4, 0.5) is 5.69 Å². The summed E-state index contributed by atoms with van der Waals surface area (Å²) >= 11 is 6.06. The van der Waals surface area contributed by atoms with Gasteiger partial charge in [0, 0.05) is 19.1 Å². The Bertz CT molecular complexity index is 670. The van der Waals surface area contributed by atoms with Gasteiger partial charge >= 0.3 is 0 Å². The number of carbonyl (C=O) groups excluding carboxylic acids is 2. The van der Waals surface area contributed by atoms with Crippen molar-refractivity contribution in [3.8, 4) is 0 Å². The molecule has 9 heteroatoms. The van der Waals surface area contributed by atoms with Gasteiger partial charge < -0.3 is 0 Å². The lowest BCUT2D eigenvalue weighted by Gasteiger charge is -2.13. The predicted molar refractivity (Wildman–Crippen MR) is 81.9 cm³/mol. The van der Waals surface area contributed by atoms with Crippen LogP contribution in [-0.2, 0) is 9.59 Å². The van der Waals surface area contributed by atoms with Gasteiger partial charge in [0.25, 0.3) is 11.6 Å². The minimum Gasteiger partial charge on any atom is -0.274 e. The SMILES string of the molecule is CC(=O)NN1C(=O)/C(=C\c2ccc([N+](=O)[O-])cc2)SC1=S. The molecule has 0 saturated carbocycles. The van der Waals surface area contributed by atoms with Gasteiger partial charge in [0.1, 0.15) is 0 Å². The first kappa shape index (κ1) is 15.1. The lowest BCUT2D eigenvalue weighted by Crippen LogP contribution is -2.43. The number of hydrogen-bond acceptors (Lipinski definition) is 6. The van der Waals surface area contributed by atoms with Gasteiger partial charge in [0.05, 0.1) is 9.83 Å². The molecule has 1 fully saturated rings. The number of thioether (sulfide) groups is 1. The molecular formula is C12H9N3O4S2. The molecule has 1 saturated heterocycles. The molecule has 1 aliphatic heterocycles. The average Bonchev–Trinajstić information content (AvgIpc) is 2.67. The summed E-state index contributed by atoms with van der Waals surface area (Å²) in [5.74, 6) is -0.832. The molecular weight excluding hydrogens is 314 g/mol. The molecule has 0 bridgehead atoms. The van der Waals surface area contributed by atoms with E-state index >= 15 is 0 Å². The molecule has 0 atom stereocenters. The number of nitro benzene ring substituents is 1. The second-order valence-corrected chi connectivity index (χ2v) is 5.71. The van der Waals surface area contributed by atoms with Gasteiger partial charge in [-0.05, 0) is 36.0 Å². The Kier molecular flexibility index (Phi) is 4.34. The Morgan fingerprint density at radius 3 is 2.57 bits per heavy atom. The van der Waals surface area contributed by atoms with E-state index in [1.165, 1.54) is 31.2 Å². The highest BCUT2D eigenvalue weighted by molar-refractivity contribution is 8.26. The first-order valence-corrected chi connectivity index (χ1v) is 6.90. The maximum absolute atomic E-state index is 12.1. The maximum atomic E-state index is 12.1. The molecule has 7 nitrogen and oxygen atoms in total. The normalized spacial score (nSPS) is 16.4. The monoisotopic (exact) mass is 323 g/mol. The maximum Gasteiger partial charge on any atom is 0.285 e. The molecule has 1 aromatic carbocycles. The van der Waals surface area contributed by atoms with E-state index in [0.29, 0.717) is 10.5 Å². The van der Waals surface area contributed by atoms with Gasteiger partial charge in [0.2, 0.25) is 5.91 Å². The first-order valence-electron chi connectivity index (χ1n) is 5.68. The van der Waals surface area contributed by atoms with Crippen LogP contribution in [0.5, 0.6) is 0 Å². The summed E-state index contributed by atoms with van der Waals surface area (Å²) in [7, 11) is 0. The fourth-order valence-electron chi connectivity index (χ4n) is 1.57. The largest absolute Gasteiger partial charge is 0.285 e. The van der Waals surface area contributed by atoms with Gasteiger partial charge in [-0.2, -0.15) is 5.01 Å². The quantitative estimate of drug-likeness (QED) is 0.395. The zero-order chi connectivity index (χ0) is 15.6. The van der Waals surface area contributed by atoms with Crippen LogP contribution in [0.2, 0.25) is 0 Å². The number of benzene rings is 1. The zero-order valence-electron chi connectivity index (χ0n) is 10.7. The van der Waals surface area contributed by atoms with Crippen molar-refractivity contribution in [1.29, 1.82) is 0 Å². The van der Waals surface area contributed by atoms with Crippen molar-refractivity contribution in [2.24, 2.45) is 0 Å². The number of thiocarbonyl (C=S) groups is 1. The first-order chi connectivity index (χ1) is 9.88. The Morgan fingerprint density at radius 1 is 1.43 bits per heavy atom. The molecule has 1 N–H and O–H groups in total. The molecule has 1 aliphatic rings. The third kappa shape index (κ3) is 3.44. The minimum absolute atomic E-state index is 0.0297. The standard InChI is InChI=1S/C12H9N3O4S2/c1-7(16)13-14-11(17)10(21-12(14)20)6-8-2-4-9(5-3-8)15(18)19/h2-6H,1H3,(H,13,16)/b10-6+. The van der Waals surface area contributed by atoms with E-state index in [0.717, 1.165) is 16.8 Å². The van der Waals surface area contributed by atoms with E-state index in [-0.39, 0.29) is 10.0 Å². The van der Waals surface area contributed by atoms with Crippen LogP contribution in [0.15, 0.2) is 29.2 Å². The van der Waals surface area contributed by atoms with Crippen LogP contribution in [0.25, 0.3) is 6.08 Å². The lowest BCUT2D eigenvalue weighted by molar-refractivity contribution is -0.384. The van der Waals surface area contributed by atoms with Gasteiger partial charge in [-0.25, -0.2) is 0 Å². The molecule has 0 radical (unpaired) electrons. The second-order valence-electron chi connectivity index (χ2n) is 4.03. The third-order valence-electron chi connectivity index (χ3n) is 2.46. The summed E-state index contributed by atoms with van der Waals surface area (Å²) < 4.78 is 0.225. The molecule has 0 spiro atoms. The average molecular weight is 323 g/mol. The number of carbonyl (C=O) groups is 2. The topological polar surface area (TPSA) is 92.6 Å². The van der Waals surface area contributed by atoms with Crippen molar-refractivity contribution in [2.75, 3.05) is 0 Å². The van der Waals surface area contributed by atoms with E-state index in [9.17, 15) is 19.7 Å². The number of nitrogens with zero attached hydrogens (tertiary/aromatic N) is 2. The highest BCUT2D eigenvalue weighted by Gasteiger charge is 2.32. The summed E-state index contributed by atoms with van der Waals surface area (Å²) in [6.07, 6.45) is 1.56. The van der Waals surface area contributed by atoms with E-state index in [4.69, 9.17) is 12.2 Å². The van der Waals surface area contributed by atoms with Crippen LogP contribution < -0.4 is 5.43 Å². The lowest BCUT2D eigenvalue weighted by atomic mass is 10.2. The van der Waals surface area contributed by atoms with Crippen LogP contribution >= 0.6 is 24.0 Å². The van der Waals surface area contributed by atoms with Crippen molar-refractivity contribution in [1.82, 2.24) is 10.4 Å². The molecule has 1 heterocycles. The van der Waals surface area contributed by atoms with E-state index < -0.39 is 16.7 Å². The Balaban J connectivity index is 2.22. The van der Waals surface area contributed by atoms with E-state index in [1.54, 1.807) is 6.08 Å². The zero-order valence-corrected chi connectivity index (χ0v) is 12.4. The van der Waals surface area contributed by atoms with Gasteiger partial charge in [-0.1, -0.05) is 11.8 Å². The van der Waals surface area contributed by atoms with Gasteiger partial charge in [-0.15, -0.1) is 0 Å². The van der Waals surface area contributed by atoms with E-state index in [2.05, 4.69) is 5.43 Å².